The molecule has 0 radical (unpaired) electrons. The molecule has 0 aliphatic carbocycles. The molecular weight excluding hydrogens is 184 g/mol. The first-order chi connectivity index (χ1) is 6.72. The van der Waals surface area contributed by atoms with E-state index in [2.05, 4.69) is 0 Å². The molecule has 0 bridgehead atoms. The Bertz CT molecular complexity index is 350. The minimum absolute atomic E-state index is 0.158. The van der Waals surface area contributed by atoms with E-state index in [1.807, 2.05) is 5.16 Å². The molecule has 1 aromatic rings. The molecule has 14 heavy (non-hydrogen) atoms. The number of methoxy groups -OCH3 is 2. The number of nitrogens with two attached hydrogens (primary N) is 1. The van der Waals surface area contributed by atoms with Crippen molar-refractivity contribution >= 4 is 5.84 Å². The molecule has 5 nitrogen and oxygen atoms in total. The summed E-state index contributed by atoms with van der Waals surface area (Å²) in [4.78, 5) is 0. The van der Waals surface area contributed by atoms with Crippen molar-refractivity contribution in [2.45, 2.75) is 0 Å². The Hall–Kier alpha value is -1.91. The van der Waals surface area contributed by atoms with Crippen LogP contribution in [0, 0.1) is 0 Å². The van der Waals surface area contributed by atoms with Gasteiger partial charge in [-0.3, -0.25) is 5.73 Å². The molecule has 1 aromatic carbocycles. The Kier molecular flexibility index (Phi) is 3.17. The van der Waals surface area contributed by atoms with Crippen LogP contribution >= 0.6 is 0 Å². The SMILES string of the molecule is COc1ccc(C(N)=[NH+]O)cc1OC. The van der Waals surface area contributed by atoms with Gasteiger partial charge in [0.05, 0.1) is 19.8 Å². The second-order valence-electron chi connectivity index (χ2n) is 2.60. The van der Waals surface area contributed by atoms with E-state index in [-0.39, 0.29) is 5.84 Å². The van der Waals surface area contributed by atoms with Crippen molar-refractivity contribution in [1.82, 2.24) is 0 Å². The minimum Gasteiger partial charge on any atom is -0.493 e. The lowest BCUT2D eigenvalue weighted by atomic mass is 10.2. The first kappa shape index (κ1) is 10.2. The number of hydrogen-bond acceptors (Lipinski definition) is 3. The van der Waals surface area contributed by atoms with Crippen LogP contribution in [-0.2, 0) is 0 Å². The molecule has 0 aliphatic heterocycles. The molecule has 5 heteroatoms. The van der Waals surface area contributed by atoms with E-state index in [4.69, 9.17) is 20.4 Å². The van der Waals surface area contributed by atoms with Crippen molar-refractivity contribution in [2.75, 3.05) is 14.2 Å². The molecule has 0 amide bonds. The lowest BCUT2D eigenvalue weighted by molar-refractivity contribution is -0.737. The maximum absolute atomic E-state index is 8.59. The minimum atomic E-state index is 0.158. The third-order valence-electron chi connectivity index (χ3n) is 1.81. The highest BCUT2D eigenvalue weighted by Crippen LogP contribution is 2.26. The van der Waals surface area contributed by atoms with Crippen molar-refractivity contribution < 1.29 is 19.8 Å². The van der Waals surface area contributed by atoms with Gasteiger partial charge in [0.25, 0.3) is 0 Å². The van der Waals surface area contributed by atoms with E-state index in [1.165, 1.54) is 7.11 Å². The first-order valence-corrected chi connectivity index (χ1v) is 3.98. The molecule has 0 saturated carbocycles. The summed E-state index contributed by atoms with van der Waals surface area (Å²) in [5, 5.41) is 10.5. The van der Waals surface area contributed by atoms with Crippen molar-refractivity contribution in [2.24, 2.45) is 5.73 Å². The van der Waals surface area contributed by atoms with Crippen LogP contribution in [0.5, 0.6) is 11.5 Å². The van der Waals surface area contributed by atoms with E-state index in [1.54, 1.807) is 25.3 Å². The Balaban J connectivity index is 3.14. The molecule has 0 unspecified atom stereocenters. The number of benzene rings is 1. The summed E-state index contributed by atoms with van der Waals surface area (Å²) >= 11 is 0. The van der Waals surface area contributed by atoms with Gasteiger partial charge in [0.1, 0.15) is 0 Å². The van der Waals surface area contributed by atoms with Crippen molar-refractivity contribution in [1.29, 1.82) is 0 Å². The summed E-state index contributed by atoms with van der Waals surface area (Å²) in [6.07, 6.45) is 0. The number of nitrogens with one attached hydrogen (secondary N) is 1. The van der Waals surface area contributed by atoms with Gasteiger partial charge >= 0.3 is 5.84 Å². The van der Waals surface area contributed by atoms with Gasteiger partial charge in [0, 0.05) is 0 Å². The monoisotopic (exact) mass is 197 g/mol. The number of nitrogen functional groups attached to an aromatic ring is 1. The normalized spacial score (nSPS) is 11.1. The third kappa shape index (κ3) is 1.87. The summed E-state index contributed by atoms with van der Waals surface area (Å²) < 4.78 is 10.1. The van der Waals surface area contributed by atoms with Crippen LogP contribution in [0.3, 0.4) is 0 Å². The number of ether oxygens (including phenoxy) is 2. The number of hydrogen-bond donors (Lipinski definition) is 3. The highest BCUT2D eigenvalue weighted by Gasteiger charge is 2.09. The number of rotatable bonds is 3. The quantitative estimate of drug-likeness (QED) is 0.248. The van der Waals surface area contributed by atoms with Crippen molar-refractivity contribution in [3.63, 3.8) is 0 Å². The van der Waals surface area contributed by atoms with Crippen LogP contribution in [0.1, 0.15) is 5.56 Å². The highest BCUT2D eigenvalue weighted by molar-refractivity contribution is 5.93. The molecule has 0 fully saturated rings. The fourth-order valence-electron chi connectivity index (χ4n) is 1.07. The smallest absolute Gasteiger partial charge is 0.311 e. The van der Waals surface area contributed by atoms with Crippen LogP contribution in [0.15, 0.2) is 18.2 Å². The molecule has 0 aromatic heterocycles. The first-order valence-electron chi connectivity index (χ1n) is 3.98. The Labute approximate surface area is 81.7 Å². The molecule has 0 spiro atoms. The summed E-state index contributed by atoms with van der Waals surface area (Å²) in [6.45, 7) is 0. The zero-order valence-corrected chi connectivity index (χ0v) is 8.07. The fourth-order valence-corrected chi connectivity index (χ4v) is 1.07. The molecule has 76 valence electrons. The van der Waals surface area contributed by atoms with Gasteiger partial charge in [-0.15, -0.1) is 0 Å². The predicted molar refractivity (Wildman–Crippen MR) is 50.6 cm³/mol. The molecule has 0 saturated heterocycles. The van der Waals surface area contributed by atoms with Gasteiger partial charge in [-0.25, -0.2) is 0 Å². The average molecular weight is 197 g/mol. The molecule has 4 N–H and O–H groups in total. The molecule has 0 heterocycles. The summed E-state index contributed by atoms with van der Waals surface area (Å²) in [7, 11) is 3.08. The Morgan fingerprint density at radius 3 is 2.43 bits per heavy atom. The Morgan fingerprint density at radius 1 is 1.29 bits per heavy atom. The van der Waals surface area contributed by atoms with Crippen LogP contribution in [0.4, 0.5) is 0 Å². The van der Waals surface area contributed by atoms with Crippen LogP contribution in [-0.4, -0.2) is 25.3 Å². The zero-order chi connectivity index (χ0) is 10.6. The second-order valence-corrected chi connectivity index (χ2v) is 2.60. The van der Waals surface area contributed by atoms with E-state index in [0.717, 1.165) is 0 Å². The molecular formula is C9H13N2O3+. The lowest BCUT2D eigenvalue weighted by Crippen LogP contribution is -2.71. The predicted octanol–water partition coefficient (Wildman–Crippen LogP) is -1.12. The maximum Gasteiger partial charge on any atom is 0.311 e. The maximum atomic E-state index is 8.59. The van der Waals surface area contributed by atoms with Gasteiger partial charge in [0.15, 0.2) is 11.5 Å². The van der Waals surface area contributed by atoms with Crippen LogP contribution in [0.25, 0.3) is 0 Å². The van der Waals surface area contributed by atoms with E-state index in [9.17, 15) is 0 Å². The lowest BCUT2D eigenvalue weighted by Gasteiger charge is -2.07. The largest absolute Gasteiger partial charge is 0.493 e. The third-order valence-corrected chi connectivity index (χ3v) is 1.81. The Morgan fingerprint density at radius 2 is 1.93 bits per heavy atom. The summed E-state index contributed by atoms with van der Waals surface area (Å²) in [5.74, 6) is 1.33. The standard InChI is InChI=1S/C9H12N2O3/c1-13-7-4-3-6(9(10)11-12)5-8(7)14-2/h3-5,12H,1-2H3,(H2,10,11)/p+1. The molecule has 0 aliphatic rings. The van der Waals surface area contributed by atoms with Gasteiger partial charge in [-0.05, 0) is 18.2 Å². The van der Waals surface area contributed by atoms with Crippen LogP contribution in [0.2, 0.25) is 0 Å². The van der Waals surface area contributed by atoms with Gasteiger partial charge < -0.3 is 14.7 Å². The second kappa shape index (κ2) is 4.36. The van der Waals surface area contributed by atoms with Gasteiger partial charge in [0.2, 0.25) is 0 Å². The molecule has 1 rings (SSSR count). The highest BCUT2D eigenvalue weighted by atomic mass is 16.5. The molecule has 0 atom stereocenters. The fraction of sp³-hybridized carbons (Fsp3) is 0.222. The topological polar surface area (TPSA) is 78.7 Å². The van der Waals surface area contributed by atoms with Gasteiger partial charge in [-0.2, -0.15) is 0 Å². The van der Waals surface area contributed by atoms with Gasteiger partial charge in [-0.1, -0.05) is 5.16 Å². The zero-order valence-electron chi connectivity index (χ0n) is 8.07. The van der Waals surface area contributed by atoms with E-state index >= 15 is 0 Å². The van der Waals surface area contributed by atoms with Crippen LogP contribution < -0.4 is 20.4 Å². The summed E-state index contributed by atoms with van der Waals surface area (Å²) in [6, 6.07) is 5.08. The van der Waals surface area contributed by atoms with Crippen molar-refractivity contribution in [3.8, 4) is 11.5 Å². The van der Waals surface area contributed by atoms with E-state index in [0.29, 0.717) is 17.1 Å². The average Bonchev–Trinajstić information content (AvgIpc) is 2.26. The number of amidine groups is 1. The van der Waals surface area contributed by atoms with Crippen molar-refractivity contribution in [3.05, 3.63) is 23.8 Å². The van der Waals surface area contributed by atoms with E-state index < -0.39 is 0 Å². The summed E-state index contributed by atoms with van der Waals surface area (Å²) in [5.41, 5.74) is 6.10.